The number of alkyl halides is 3. The second-order valence-corrected chi connectivity index (χ2v) is 8.11. The number of pyridine rings is 1. The molecule has 6 nitrogen and oxygen atoms in total. The first-order valence-corrected chi connectivity index (χ1v) is 10.8. The molecule has 2 aromatic heterocycles. The monoisotopic (exact) mass is 474 g/mol. The van der Waals surface area contributed by atoms with Gasteiger partial charge in [-0.05, 0) is 37.0 Å². The Morgan fingerprint density at radius 1 is 1.12 bits per heavy atom. The van der Waals surface area contributed by atoms with Crippen molar-refractivity contribution >= 4 is 5.91 Å². The van der Waals surface area contributed by atoms with Crippen molar-refractivity contribution in [2.45, 2.75) is 32.0 Å². The van der Waals surface area contributed by atoms with E-state index in [9.17, 15) is 22.4 Å². The number of nitrogens with zero attached hydrogens (tertiary/aromatic N) is 4. The van der Waals surface area contributed by atoms with Crippen molar-refractivity contribution in [1.82, 2.24) is 19.9 Å². The van der Waals surface area contributed by atoms with Crippen molar-refractivity contribution in [2.24, 2.45) is 5.92 Å². The number of carbonyl (C=O) groups excluding carboxylic acids is 1. The van der Waals surface area contributed by atoms with Crippen LogP contribution in [-0.4, -0.2) is 45.0 Å². The number of likely N-dealkylation sites (tertiary alicyclic amines) is 1. The fourth-order valence-corrected chi connectivity index (χ4v) is 4.07. The third kappa shape index (κ3) is 5.00. The molecule has 34 heavy (non-hydrogen) atoms. The lowest BCUT2D eigenvalue weighted by Gasteiger charge is -2.40. The van der Waals surface area contributed by atoms with Gasteiger partial charge in [-0.1, -0.05) is 19.1 Å². The summed E-state index contributed by atoms with van der Waals surface area (Å²) in [5.74, 6) is -0.923. The zero-order valence-electron chi connectivity index (χ0n) is 18.3. The third-order valence-electron chi connectivity index (χ3n) is 5.88. The molecule has 3 heterocycles. The van der Waals surface area contributed by atoms with Crippen LogP contribution in [0, 0.1) is 11.7 Å². The molecule has 1 aliphatic heterocycles. The largest absolute Gasteiger partial charge is 0.475 e. The molecule has 2 atom stereocenters. The van der Waals surface area contributed by atoms with E-state index in [1.54, 1.807) is 17.0 Å². The van der Waals surface area contributed by atoms with E-state index in [-0.39, 0.29) is 35.4 Å². The number of ether oxygens (including phenoxy) is 1. The van der Waals surface area contributed by atoms with Gasteiger partial charge in [0.2, 0.25) is 5.88 Å². The minimum atomic E-state index is -4.49. The van der Waals surface area contributed by atoms with Crippen molar-refractivity contribution < 1.29 is 27.1 Å². The number of benzene rings is 1. The Morgan fingerprint density at radius 3 is 2.56 bits per heavy atom. The zero-order chi connectivity index (χ0) is 24.3. The average molecular weight is 474 g/mol. The molecule has 0 saturated carbocycles. The number of hydrogen-bond donors (Lipinski definition) is 0. The van der Waals surface area contributed by atoms with Crippen LogP contribution in [0.2, 0.25) is 0 Å². The Hall–Kier alpha value is -3.56. The summed E-state index contributed by atoms with van der Waals surface area (Å²) in [6.07, 6.45) is 0.786. The van der Waals surface area contributed by atoms with Gasteiger partial charge in [-0.2, -0.15) is 13.2 Å². The van der Waals surface area contributed by atoms with Gasteiger partial charge in [0.05, 0.1) is 17.2 Å². The van der Waals surface area contributed by atoms with E-state index in [2.05, 4.69) is 15.0 Å². The number of piperidine rings is 1. The van der Waals surface area contributed by atoms with E-state index in [1.165, 1.54) is 24.5 Å². The van der Waals surface area contributed by atoms with Gasteiger partial charge >= 0.3 is 6.18 Å². The zero-order valence-corrected chi connectivity index (χ0v) is 18.3. The lowest BCUT2D eigenvalue weighted by Crippen LogP contribution is -2.51. The fraction of sp³-hybridized carbons (Fsp3) is 0.333. The van der Waals surface area contributed by atoms with Crippen LogP contribution in [0.3, 0.4) is 0 Å². The van der Waals surface area contributed by atoms with Gasteiger partial charge in [0.25, 0.3) is 5.91 Å². The number of carbonyl (C=O) groups is 1. The van der Waals surface area contributed by atoms with E-state index >= 15 is 0 Å². The molecule has 0 spiro atoms. The molecule has 10 heteroatoms. The third-order valence-corrected chi connectivity index (χ3v) is 5.88. The SMILES string of the molecule is C[C@@H]1CCCN(C(=O)c2c(F)cccc2-c2ncccn2)[C@@H]1COc1ccc(C(F)(F)F)cn1. The molecule has 1 amide bonds. The highest BCUT2D eigenvalue weighted by molar-refractivity contribution is 6.00. The molecule has 1 aromatic carbocycles. The minimum Gasteiger partial charge on any atom is -0.475 e. The van der Waals surface area contributed by atoms with Crippen LogP contribution in [-0.2, 0) is 6.18 Å². The first-order valence-electron chi connectivity index (χ1n) is 10.8. The summed E-state index contributed by atoms with van der Waals surface area (Å²) in [7, 11) is 0. The van der Waals surface area contributed by atoms with Crippen molar-refractivity contribution in [3.8, 4) is 17.3 Å². The smallest absolute Gasteiger partial charge is 0.417 e. The normalized spacial score (nSPS) is 18.6. The molecule has 0 unspecified atom stereocenters. The molecule has 178 valence electrons. The van der Waals surface area contributed by atoms with Gasteiger partial charge in [-0.15, -0.1) is 0 Å². The Morgan fingerprint density at radius 2 is 1.88 bits per heavy atom. The van der Waals surface area contributed by atoms with Crippen molar-refractivity contribution in [1.29, 1.82) is 0 Å². The number of aromatic nitrogens is 3. The Balaban J connectivity index is 1.58. The maximum Gasteiger partial charge on any atom is 0.417 e. The second-order valence-electron chi connectivity index (χ2n) is 8.11. The number of halogens is 4. The van der Waals surface area contributed by atoms with Crippen molar-refractivity contribution in [2.75, 3.05) is 13.2 Å². The minimum absolute atomic E-state index is 0.0108. The van der Waals surface area contributed by atoms with Gasteiger partial charge in [0.15, 0.2) is 5.82 Å². The van der Waals surface area contributed by atoms with E-state index in [0.717, 1.165) is 25.0 Å². The maximum atomic E-state index is 14.9. The second kappa shape index (κ2) is 9.74. The van der Waals surface area contributed by atoms with Crippen LogP contribution in [0.1, 0.15) is 35.7 Å². The molecule has 3 aromatic rings. The van der Waals surface area contributed by atoms with E-state index in [1.807, 2.05) is 6.92 Å². The lowest BCUT2D eigenvalue weighted by atomic mass is 9.90. The summed E-state index contributed by atoms with van der Waals surface area (Å²) in [5, 5.41) is 0. The Labute approximate surface area is 193 Å². The highest BCUT2D eigenvalue weighted by Gasteiger charge is 2.35. The molecular formula is C24H22F4N4O2. The van der Waals surface area contributed by atoms with Crippen LogP contribution in [0.15, 0.2) is 55.0 Å². The van der Waals surface area contributed by atoms with Crippen LogP contribution in [0.5, 0.6) is 5.88 Å². The van der Waals surface area contributed by atoms with E-state index in [0.29, 0.717) is 12.7 Å². The standard InChI is InChI=1S/C24H22F4N4O2/c1-15-5-3-12-32(19(15)14-34-20-9-8-16(13-31-20)24(26,27)28)23(33)21-17(6-2-7-18(21)25)22-29-10-4-11-30-22/h2,4,6-11,13,15,19H,3,5,12,14H2,1H3/t15-,19-/m1/s1. The van der Waals surface area contributed by atoms with Gasteiger partial charge in [0.1, 0.15) is 12.4 Å². The first kappa shape index (κ1) is 23.6. The summed E-state index contributed by atoms with van der Waals surface area (Å²) < 4.78 is 58.9. The van der Waals surface area contributed by atoms with Crippen LogP contribution in [0.25, 0.3) is 11.4 Å². The Bertz CT molecular complexity index is 1140. The molecular weight excluding hydrogens is 452 g/mol. The van der Waals surface area contributed by atoms with Crippen molar-refractivity contribution in [3.05, 3.63) is 71.9 Å². The number of amides is 1. The number of hydrogen-bond acceptors (Lipinski definition) is 5. The molecule has 4 rings (SSSR count). The highest BCUT2D eigenvalue weighted by atomic mass is 19.4. The summed E-state index contributed by atoms with van der Waals surface area (Å²) >= 11 is 0. The summed E-state index contributed by atoms with van der Waals surface area (Å²) in [4.78, 5) is 27.2. The van der Waals surface area contributed by atoms with Gasteiger partial charge < -0.3 is 9.64 Å². The quantitative estimate of drug-likeness (QED) is 0.486. The Kier molecular flexibility index (Phi) is 6.76. The lowest BCUT2D eigenvalue weighted by molar-refractivity contribution is -0.137. The summed E-state index contributed by atoms with van der Waals surface area (Å²) in [6.45, 7) is 2.36. The van der Waals surface area contributed by atoms with Gasteiger partial charge in [-0.25, -0.2) is 19.3 Å². The molecule has 1 fully saturated rings. The summed E-state index contributed by atoms with van der Waals surface area (Å²) in [6, 6.07) is 7.54. The van der Waals surface area contributed by atoms with Gasteiger partial charge in [0, 0.05) is 36.8 Å². The van der Waals surface area contributed by atoms with Crippen LogP contribution < -0.4 is 4.74 Å². The van der Waals surface area contributed by atoms with E-state index in [4.69, 9.17) is 4.74 Å². The highest BCUT2D eigenvalue weighted by Crippen LogP contribution is 2.31. The molecule has 0 N–H and O–H groups in total. The predicted octanol–water partition coefficient (Wildman–Crippen LogP) is 5.02. The topological polar surface area (TPSA) is 68.2 Å². The summed E-state index contributed by atoms with van der Waals surface area (Å²) in [5.41, 5.74) is -0.716. The maximum absolute atomic E-state index is 14.9. The van der Waals surface area contributed by atoms with E-state index < -0.39 is 29.5 Å². The number of rotatable bonds is 5. The predicted molar refractivity (Wildman–Crippen MR) is 115 cm³/mol. The molecule has 0 radical (unpaired) electrons. The first-order chi connectivity index (χ1) is 16.3. The molecule has 1 saturated heterocycles. The fourth-order valence-electron chi connectivity index (χ4n) is 4.07. The van der Waals surface area contributed by atoms with Crippen LogP contribution >= 0.6 is 0 Å². The average Bonchev–Trinajstić information content (AvgIpc) is 2.83. The molecule has 1 aliphatic rings. The van der Waals surface area contributed by atoms with Crippen LogP contribution in [0.4, 0.5) is 17.6 Å². The van der Waals surface area contributed by atoms with Crippen molar-refractivity contribution in [3.63, 3.8) is 0 Å². The molecule has 0 aliphatic carbocycles. The molecule has 0 bridgehead atoms. The van der Waals surface area contributed by atoms with Gasteiger partial charge in [-0.3, -0.25) is 4.79 Å².